The Morgan fingerprint density at radius 2 is 1.74 bits per heavy atom. The van der Waals surface area contributed by atoms with Crippen molar-refractivity contribution >= 4 is 5.97 Å². The van der Waals surface area contributed by atoms with Crippen molar-refractivity contribution in [2.75, 3.05) is 0 Å². The van der Waals surface area contributed by atoms with E-state index in [1.54, 1.807) is 0 Å². The van der Waals surface area contributed by atoms with Crippen LogP contribution >= 0.6 is 0 Å². The van der Waals surface area contributed by atoms with Crippen molar-refractivity contribution in [2.45, 2.75) is 59.2 Å². The monoisotopic (exact) mass is 280 g/mol. The van der Waals surface area contributed by atoms with Crippen LogP contribution in [0.3, 0.4) is 0 Å². The Balaban J connectivity index is 4.63. The summed E-state index contributed by atoms with van der Waals surface area (Å²) in [7, 11) is 0. The molecule has 0 fully saturated rings. The number of halogens is 3. The first-order valence-electron chi connectivity index (χ1n) is 6.54. The van der Waals surface area contributed by atoms with E-state index >= 15 is 0 Å². The Bertz CT molecular complexity index is 308. The Labute approximate surface area is 113 Å². The minimum atomic E-state index is -4.73. The van der Waals surface area contributed by atoms with Crippen LogP contribution in [-0.2, 0) is 9.53 Å². The third kappa shape index (κ3) is 7.23. The molecule has 2 unspecified atom stereocenters. The molecule has 0 aliphatic carbocycles. The van der Waals surface area contributed by atoms with Crippen molar-refractivity contribution in [1.82, 2.24) is 0 Å². The smallest absolute Gasteiger partial charge is 0.422 e. The number of ether oxygens (including phenoxy) is 1. The summed E-state index contributed by atoms with van der Waals surface area (Å²) in [4.78, 5) is 11.4. The van der Waals surface area contributed by atoms with Crippen molar-refractivity contribution < 1.29 is 22.7 Å². The molecule has 0 saturated heterocycles. The molecule has 2 atom stereocenters. The Morgan fingerprint density at radius 3 is 2.11 bits per heavy atom. The lowest BCUT2D eigenvalue weighted by Crippen LogP contribution is -2.27. The van der Waals surface area contributed by atoms with Crippen LogP contribution in [0, 0.1) is 11.8 Å². The molecule has 0 N–H and O–H groups in total. The topological polar surface area (TPSA) is 26.3 Å². The maximum atomic E-state index is 12.3. The number of carbonyl (C=O) groups is 1. The first-order valence-corrected chi connectivity index (χ1v) is 6.54. The summed E-state index contributed by atoms with van der Waals surface area (Å²) in [5.41, 5.74) is -1.44. The highest BCUT2D eigenvalue weighted by molar-refractivity contribution is 5.89. The summed E-state index contributed by atoms with van der Waals surface area (Å²) in [6.07, 6.45) is -3.18. The Morgan fingerprint density at radius 1 is 1.21 bits per heavy atom. The number of hydrogen-bond donors (Lipinski definition) is 0. The highest BCUT2D eigenvalue weighted by atomic mass is 19.4. The van der Waals surface area contributed by atoms with Crippen molar-refractivity contribution in [3.63, 3.8) is 0 Å². The van der Waals surface area contributed by atoms with Gasteiger partial charge in [0.05, 0.1) is 0 Å². The molecule has 0 radical (unpaired) electrons. The Kier molecular flexibility index (Phi) is 7.16. The summed E-state index contributed by atoms with van der Waals surface area (Å²) in [5.74, 6) is -0.807. The molecule has 0 aliphatic rings. The highest BCUT2D eigenvalue weighted by Gasteiger charge is 2.38. The van der Waals surface area contributed by atoms with Crippen molar-refractivity contribution in [2.24, 2.45) is 11.8 Å². The number of rotatable bonds is 7. The van der Waals surface area contributed by atoms with E-state index in [-0.39, 0.29) is 5.92 Å². The van der Waals surface area contributed by atoms with Gasteiger partial charge < -0.3 is 4.74 Å². The van der Waals surface area contributed by atoms with Crippen LogP contribution in [0.1, 0.15) is 47.0 Å². The van der Waals surface area contributed by atoms with E-state index in [4.69, 9.17) is 4.74 Å². The van der Waals surface area contributed by atoms with Gasteiger partial charge in [-0.2, -0.15) is 13.2 Å². The third-order valence-corrected chi connectivity index (χ3v) is 2.96. The molecular formula is C14H23F3O2. The van der Waals surface area contributed by atoms with Gasteiger partial charge in [0.15, 0.2) is 0 Å². The SMILES string of the molecule is C=C(C(=O)OC(CC(C)C)CC(C)CC)C(F)(F)F. The Hall–Kier alpha value is -1.00. The number of hydrogen-bond acceptors (Lipinski definition) is 2. The molecule has 0 aromatic rings. The molecule has 0 rings (SSSR count). The summed E-state index contributed by atoms with van der Waals surface area (Å²) < 4.78 is 42.0. The fraction of sp³-hybridized carbons (Fsp3) is 0.786. The normalized spacial score (nSPS) is 15.2. The second kappa shape index (κ2) is 7.56. The zero-order valence-corrected chi connectivity index (χ0v) is 12.0. The predicted octanol–water partition coefficient (Wildman–Crippen LogP) is 4.50. The van der Waals surface area contributed by atoms with Crippen LogP contribution in [0.2, 0.25) is 0 Å². The lowest BCUT2D eigenvalue weighted by molar-refractivity contribution is -0.156. The number of esters is 1. The number of alkyl halides is 3. The fourth-order valence-electron chi connectivity index (χ4n) is 1.67. The van der Waals surface area contributed by atoms with Gasteiger partial charge in [0.2, 0.25) is 0 Å². The molecule has 5 heteroatoms. The van der Waals surface area contributed by atoms with E-state index in [1.807, 2.05) is 27.7 Å². The van der Waals surface area contributed by atoms with Gasteiger partial charge in [-0.3, -0.25) is 0 Å². The molecule has 0 heterocycles. The molecule has 0 aromatic heterocycles. The minimum absolute atomic E-state index is 0.251. The van der Waals surface area contributed by atoms with Gasteiger partial charge in [-0.05, 0) is 24.7 Å². The van der Waals surface area contributed by atoms with Gasteiger partial charge in [0.25, 0.3) is 0 Å². The summed E-state index contributed by atoms with van der Waals surface area (Å²) in [6, 6.07) is 0. The first-order chi connectivity index (χ1) is 8.57. The van der Waals surface area contributed by atoms with Crippen LogP contribution in [0.25, 0.3) is 0 Å². The summed E-state index contributed by atoms with van der Waals surface area (Å²) >= 11 is 0. The van der Waals surface area contributed by atoms with E-state index < -0.39 is 23.8 Å². The molecule has 19 heavy (non-hydrogen) atoms. The average molecular weight is 280 g/mol. The average Bonchev–Trinajstić information content (AvgIpc) is 2.25. The van der Waals surface area contributed by atoms with Gasteiger partial charge in [-0.15, -0.1) is 0 Å². The third-order valence-electron chi connectivity index (χ3n) is 2.96. The first kappa shape index (κ1) is 18.0. The molecule has 0 saturated carbocycles. The number of carbonyl (C=O) groups excluding carboxylic acids is 1. The van der Waals surface area contributed by atoms with Crippen LogP contribution in [0.5, 0.6) is 0 Å². The largest absolute Gasteiger partial charge is 0.459 e. The van der Waals surface area contributed by atoms with Gasteiger partial charge in [-0.25, -0.2) is 4.79 Å². The van der Waals surface area contributed by atoms with E-state index in [2.05, 4.69) is 6.58 Å². The second-order valence-electron chi connectivity index (χ2n) is 5.38. The molecule has 2 nitrogen and oxygen atoms in total. The quantitative estimate of drug-likeness (QED) is 0.507. The lowest BCUT2D eigenvalue weighted by Gasteiger charge is -2.23. The molecule has 112 valence electrons. The minimum Gasteiger partial charge on any atom is -0.459 e. The fourth-order valence-corrected chi connectivity index (χ4v) is 1.67. The van der Waals surface area contributed by atoms with Gasteiger partial charge in [0.1, 0.15) is 11.7 Å². The van der Waals surface area contributed by atoms with E-state index in [9.17, 15) is 18.0 Å². The van der Waals surface area contributed by atoms with Gasteiger partial charge >= 0.3 is 12.1 Å². The summed E-state index contributed by atoms with van der Waals surface area (Å²) in [6.45, 7) is 10.6. The molecule has 0 aromatic carbocycles. The zero-order chi connectivity index (χ0) is 15.2. The van der Waals surface area contributed by atoms with Crippen LogP contribution in [0.15, 0.2) is 12.2 Å². The van der Waals surface area contributed by atoms with E-state index in [1.165, 1.54) is 0 Å². The predicted molar refractivity (Wildman–Crippen MR) is 68.6 cm³/mol. The van der Waals surface area contributed by atoms with Crippen LogP contribution in [-0.4, -0.2) is 18.2 Å². The summed E-state index contributed by atoms with van der Waals surface area (Å²) in [5, 5.41) is 0. The molecule has 0 bridgehead atoms. The van der Waals surface area contributed by atoms with Gasteiger partial charge in [-0.1, -0.05) is 40.7 Å². The highest BCUT2D eigenvalue weighted by Crippen LogP contribution is 2.27. The van der Waals surface area contributed by atoms with Crippen molar-refractivity contribution in [3.8, 4) is 0 Å². The molecular weight excluding hydrogens is 257 g/mol. The van der Waals surface area contributed by atoms with E-state index in [0.29, 0.717) is 18.8 Å². The molecule has 0 spiro atoms. The standard InChI is InChI=1S/C14H23F3O2/c1-6-10(4)8-12(7-9(2)3)19-13(18)11(5)14(15,16)17/h9-10,12H,5-8H2,1-4H3. The zero-order valence-electron chi connectivity index (χ0n) is 12.0. The maximum Gasteiger partial charge on any atom is 0.422 e. The second-order valence-corrected chi connectivity index (χ2v) is 5.38. The van der Waals surface area contributed by atoms with Crippen molar-refractivity contribution in [1.29, 1.82) is 0 Å². The molecule has 0 aliphatic heterocycles. The lowest BCUT2D eigenvalue weighted by atomic mass is 9.95. The van der Waals surface area contributed by atoms with Crippen molar-refractivity contribution in [3.05, 3.63) is 12.2 Å². The maximum absolute atomic E-state index is 12.3. The van der Waals surface area contributed by atoms with E-state index in [0.717, 1.165) is 6.42 Å². The van der Waals surface area contributed by atoms with Crippen LogP contribution < -0.4 is 0 Å². The van der Waals surface area contributed by atoms with Crippen LogP contribution in [0.4, 0.5) is 13.2 Å². The van der Waals surface area contributed by atoms with Gasteiger partial charge in [0, 0.05) is 0 Å². The molecule has 0 amide bonds.